The molecule has 1 amide bonds. The Kier molecular flexibility index (Phi) is 4.03. The van der Waals surface area contributed by atoms with Gasteiger partial charge in [0, 0.05) is 24.9 Å². The quantitative estimate of drug-likeness (QED) is 0.889. The molecule has 3 rings (SSSR count). The van der Waals surface area contributed by atoms with Crippen LogP contribution in [0.1, 0.15) is 29.8 Å². The highest BCUT2D eigenvalue weighted by atomic mass is 32.2. The first-order valence-electron chi connectivity index (χ1n) is 6.70. The number of thioether (sulfide) groups is 1. The molecule has 19 heavy (non-hydrogen) atoms. The molecular weight excluding hydrogens is 264 g/mol. The standard InChI is InChI=1S/C12H18N4O2S/c17-12(11-6-13-15-14-11)16(9-3-5-19-8-9)7-10-2-1-4-18-10/h6,9-10H,1-5,7-8H2,(H,13,14,15). The molecule has 0 aromatic carbocycles. The maximum absolute atomic E-state index is 12.5. The molecule has 7 heteroatoms. The van der Waals surface area contributed by atoms with Crippen molar-refractivity contribution in [2.45, 2.75) is 31.4 Å². The summed E-state index contributed by atoms with van der Waals surface area (Å²) in [5.41, 5.74) is 0.398. The van der Waals surface area contributed by atoms with Gasteiger partial charge in [0.2, 0.25) is 0 Å². The van der Waals surface area contributed by atoms with E-state index in [-0.39, 0.29) is 12.0 Å². The molecular formula is C12H18N4O2S. The predicted octanol–water partition coefficient (Wildman–Crippen LogP) is 0.931. The first-order chi connectivity index (χ1) is 9.34. The largest absolute Gasteiger partial charge is 0.376 e. The van der Waals surface area contributed by atoms with Gasteiger partial charge in [0.05, 0.1) is 12.3 Å². The van der Waals surface area contributed by atoms with Gasteiger partial charge in [-0.15, -0.1) is 0 Å². The van der Waals surface area contributed by atoms with Crippen molar-refractivity contribution in [1.82, 2.24) is 20.3 Å². The van der Waals surface area contributed by atoms with Gasteiger partial charge >= 0.3 is 0 Å². The average Bonchev–Trinajstić information content (AvgIpc) is 3.15. The van der Waals surface area contributed by atoms with Crippen molar-refractivity contribution in [2.24, 2.45) is 0 Å². The van der Waals surface area contributed by atoms with E-state index in [4.69, 9.17) is 4.74 Å². The molecule has 104 valence electrons. The fraction of sp³-hybridized carbons (Fsp3) is 0.750. The van der Waals surface area contributed by atoms with Crippen LogP contribution in [-0.4, -0.2) is 63.0 Å². The summed E-state index contributed by atoms with van der Waals surface area (Å²) < 4.78 is 5.67. The molecule has 3 heterocycles. The van der Waals surface area contributed by atoms with Crippen LogP contribution in [0, 0.1) is 0 Å². The van der Waals surface area contributed by atoms with E-state index < -0.39 is 0 Å². The van der Waals surface area contributed by atoms with E-state index in [1.54, 1.807) is 0 Å². The molecule has 0 spiro atoms. The number of ether oxygens (including phenoxy) is 1. The normalized spacial score (nSPS) is 26.7. The molecule has 6 nitrogen and oxygen atoms in total. The second-order valence-electron chi connectivity index (χ2n) is 4.97. The minimum absolute atomic E-state index is 0.0308. The highest BCUT2D eigenvalue weighted by molar-refractivity contribution is 7.99. The van der Waals surface area contributed by atoms with Gasteiger partial charge < -0.3 is 9.64 Å². The SMILES string of the molecule is O=C(c1cn[nH]n1)N(CC1CCCO1)C1CCSC1. The molecule has 2 saturated heterocycles. The lowest BCUT2D eigenvalue weighted by Gasteiger charge is -2.30. The van der Waals surface area contributed by atoms with E-state index >= 15 is 0 Å². The molecule has 1 aromatic heterocycles. The molecule has 1 N–H and O–H groups in total. The summed E-state index contributed by atoms with van der Waals surface area (Å²) in [6.45, 7) is 1.49. The molecule has 2 aliphatic heterocycles. The number of aromatic nitrogens is 3. The Morgan fingerprint density at radius 2 is 2.53 bits per heavy atom. The third-order valence-corrected chi connectivity index (χ3v) is 4.81. The topological polar surface area (TPSA) is 71.1 Å². The minimum atomic E-state index is -0.0308. The van der Waals surface area contributed by atoms with E-state index in [9.17, 15) is 4.79 Å². The lowest BCUT2D eigenvalue weighted by molar-refractivity contribution is 0.0437. The van der Waals surface area contributed by atoms with Crippen molar-refractivity contribution in [3.05, 3.63) is 11.9 Å². The molecule has 0 bridgehead atoms. The van der Waals surface area contributed by atoms with Gasteiger partial charge in [-0.1, -0.05) is 0 Å². The summed E-state index contributed by atoms with van der Waals surface area (Å²) in [7, 11) is 0. The van der Waals surface area contributed by atoms with Gasteiger partial charge in [0.25, 0.3) is 5.91 Å². The number of hydrogen-bond acceptors (Lipinski definition) is 5. The van der Waals surface area contributed by atoms with Crippen molar-refractivity contribution in [3.8, 4) is 0 Å². The third kappa shape index (κ3) is 2.92. The van der Waals surface area contributed by atoms with Gasteiger partial charge in [-0.3, -0.25) is 4.79 Å². The van der Waals surface area contributed by atoms with Gasteiger partial charge in [0.1, 0.15) is 0 Å². The molecule has 0 saturated carbocycles. The van der Waals surface area contributed by atoms with Gasteiger partial charge in [-0.05, 0) is 25.0 Å². The first kappa shape index (κ1) is 12.9. The monoisotopic (exact) mass is 282 g/mol. The van der Waals surface area contributed by atoms with E-state index in [0.29, 0.717) is 18.3 Å². The van der Waals surface area contributed by atoms with E-state index in [1.807, 2.05) is 16.7 Å². The van der Waals surface area contributed by atoms with Crippen LogP contribution in [0.15, 0.2) is 6.20 Å². The zero-order valence-electron chi connectivity index (χ0n) is 10.7. The van der Waals surface area contributed by atoms with E-state index in [1.165, 1.54) is 6.20 Å². The highest BCUT2D eigenvalue weighted by Crippen LogP contribution is 2.25. The fourth-order valence-corrected chi connectivity index (χ4v) is 3.85. The Morgan fingerprint density at radius 3 is 3.16 bits per heavy atom. The zero-order chi connectivity index (χ0) is 13.1. The summed E-state index contributed by atoms with van der Waals surface area (Å²) in [6.07, 6.45) is 4.87. The summed E-state index contributed by atoms with van der Waals surface area (Å²) in [5.74, 6) is 2.10. The summed E-state index contributed by atoms with van der Waals surface area (Å²) in [6, 6.07) is 0.304. The lowest BCUT2D eigenvalue weighted by Crippen LogP contribution is -2.44. The number of carbonyl (C=O) groups is 1. The smallest absolute Gasteiger partial charge is 0.276 e. The Labute approximate surface area is 116 Å². The number of hydrogen-bond donors (Lipinski definition) is 1. The van der Waals surface area contributed by atoms with Crippen LogP contribution >= 0.6 is 11.8 Å². The summed E-state index contributed by atoms with van der Waals surface area (Å²) >= 11 is 1.90. The number of aromatic amines is 1. The van der Waals surface area contributed by atoms with Gasteiger partial charge in [0.15, 0.2) is 5.69 Å². The lowest BCUT2D eigenvalue weighted by atomic mass is 10.1. The van der Waals surface area contributed by atoms with Crippen molar-refractivity contribution in [3.63, 3.8) is 0 Å². The predicted molar refractivity (Wildman–Crippen MR) is 72.1 cm³/mol. The van der Waals surface area contributed by atoms with Crippen molar-refractivity contribution >= 4 is 17.7 Å². The molecule has 1 aromatic rings. The Morgan fingerprint density at radius 1 is 1.58 bits per heavy atom. The first-order valence-corrected chi connectivity index (χ1v) is 7.86. The summed E-state index contributed by atoms with van der Waals surface area (Å²) in [5, 5.41) is 10.1. The van der Waals surface area contributed by atoms with Crippen molar-refractivity contribution < 1.29 is 9.53 Å². The average molecular weight is 282 g/mol. The van der Waals surface area contributed by atoms with Crippen molar-refractivity contribution in [1.29, 1.82) is 0 Å². The van der Waals surface area contributed by atoms with E-state index in [2.05, 4.69) is 15.4 Å². The van der Waals surface area contributed by atoms with Crippen LogP contribution in [0.3, 0.4) is 0 Å². The number of nitrogens with one attached hydrogen (secondary N) is 1. The molecule has 0 radical (unpaired) electrons. The number of amides is 1. The fourth-order valence-electron chi connectivity index (χ4n) is 2.63. The van der Waals surface area contributed by atoms with Crippen LogP contribution in [0.5, 0.6) is 0 Å². The molecule has 0 aliphatic carbocycles. The van der Waals surface area contributed by atoms with Gasteiger partial charge in [-0.25, -0.2) is 0 Å². The minimum Gasteiger partial charge on any atom is -0.376 e. The molecule has 2 unspecified atom stereocenters. The Hall–Kier alpha value is -1.08. The van der Waals surface area contributed by atoms with Crippen LogP contribution in [-0.2, 0) is 4.74 Å². The van der Waals surface area contributed by atoms with Crippen LogP contribution in [0.2, 0.25) is 0 Å². The number of carbonyl (C=O) groups excluding carboxylic acids is 1. The van der Waals surface area contributed by atoms with Crippen LogP contribution in [0.25, 0.3) is 0 Å². The maximum Gasteiger partial charge on any atom is 0.276 e. The second-order valence-corrected chi connectivity index (χ2v) is 6.12. The van der Waals surface area contributed by atoms with Crippen LogP contribution < -0.4 is 0 Å². The number of rotatable bonds is 4. The number of H-pyrrole nitrogens is 1. The molecule has 2 aliphatic rings. The second kappa shape index (κ2) is 5.92. The van der Waals surface area contributed by atoms with E-state index in [0.717, 1.165) is 37.4 Å². The molecule has 2 atom stereocenters. The maximum atomic E-state index is 12.5. The van der Waals surface area contributed by atoms with Crippen molar-refractivity contribution in [2.75, 3.05) is 24.7 Å². The molecule has 2 fully saturated rings. The van der Waals surface area contributed by atoms with Crippen LogP contribution in [0.4, 0.5) is 0 Å². The highest BCUT2D eigenvalue weighted by Gasteiger charge is 2.32. The third-order valence-electron chi connectivity index (χ3n) is 3.67. The number of nitrogens with zero attached hydrogens (tertiary/aromatic N) is 3. The zero-order valence-corrected chi connectivity index (χ0v) is 11.6. The van der Waals surface area contributed by atoms with Gasteiger partial charge in [-0.2, -0.15) is 27.2 Å². The Bertz CT molecular complexity index is 413. The summed E-state index contributed by atoms with van der Waals surface area (Å²) in [4.78, 5) is 14.5. The Balaban J connectivity index is 1.72.